The normalized spacial score (nSPS) is 11.3. The molecule has 0 aliphatic heterocycles. The lowest BCUT2D eigenvalue weighted by molar-refractivity contribution is 0.0898. The van der Waals surface area contributed by atoms with Crippen molar-refractivity contribution >= 4 is 17.5 Å². The van der Waals surface area contributed by atoms with Gasteiger partial charge in [0.2, 0.25) is 0 Å². The predicted molar refractivity (Wildman–Crippen MR) is 67.9 cm³/mol. The molecule has 2 nitrogen and oxygen atoms in total. The Hall–Kier alpha value is -1.09. The first-order valence-electron chi connectivity index (χ1n) is 5.71. The van der Waals surface area contributed by atoms with Crippen LogP contribution in [0.2, 0.25) is 0 Å². The molecule has 1 aromatic carbocycles. The van der Waals surface area contributed by atoms with E-state index in [0.29, 0.717) is 18.7 Å². The van der Waals surface area contributed by atoms with Crippen LogP contribution in [0.5, 0.6) is 0 Å². The molecule has 0 atom stereocenters. The maximum Gasteiger partial charge on any atom is 0.254 e. The van der Waals surface area contributed by atoms with Crippen molar-refractivity contribution in [2.24, 2.45) is 0 Å². The van der Waals surface area contributed by atoms with Crippen LogP contribution in [-0.2, 0) is 0 Å². The molecule has 0 aliphatic rings. The van der Waals surface area contributed by atoms with Crippen LogP contribution >= 0.6 is 11.6 Å². The molecule has 1 rings (SSSR count). The minimum absolute atomic E-state index is 0.0592. The van der Waals surface area contributed by atoms with E-state index in [1.54, 1.807) is 12.1 Å². The highest BCUT2D eigenvalue weighted by atomic mass is 35.5. The van der Waals surface area contributed by atoms with Crippen molar-refractivity contribution in [3.63, 3.8) is 0 Å². The Balaban J connectivity index is 2.89. The van der Waals surface area contributed by atoms with Crippen molar-refractivity contribution < 1.29 is 9.18 Å². The third-order valence-electron chi connectivity index (χ3n) is 3.11. The quantitative estimate of drug-likeness (QED) is 0.806. The summed E-state index contributed by atoms with van der Waals surface area (Å²) in [5.41, 5.74) is -0.398. The summed E-state index contributed by atoms with van der Waals surface area (Å²) < 4.78 is 13.4. The predicted octanol–water partition coefficient (Wildman–Crippen LogP) is 3.35. The molecule has 0 aliphatic carbocycles. The monoisotopic (exact) mass is 257 g/mol. The minimum atomic E-state index is -0.513. The van der Waals surface area contributed by atoms with Crippen molar-refractivity contribution in [2.45, 2.75) is 32.2 Å². The summed E-state index contributed by atoms with van der Waals surface area (Å²) in [6.07, 6.45) is 1.43. The molecule has 0 saturated carbocycles. The lowest BCUT2D eigenvalue weighted by Gasteiger charge is -2.30. The van der Waals surface area contributed by atoms with Crippen molar-refractivity contribution in [2.75, 3.05) is 5.88 Å². The van der Waals surface area contributed by atoms with Gasteiger partial charge in [0.25, 0.3) is 5.91 Å². The molecule has 0 heterocycles. The number of alkyl halides is 1. The fourth-order valence-electron chi connectivity index (χ4n) is 1.60. The number of nitrogens with one attached hydrogen (secondary N) is 1. The topological polar surface area (TPSA) is 29.1 Å². The van der Waals surface area contributed by atoms with E-state index in [2.05, 4.69) is 5.32 Å². The van der Waals surface area contributed by atoms with E-state index in [-0.39, 0.29) is 5.56 Å². The second-order valence-corrected chi connectivity index (χ2v) is 4.32. The Bertz CT molecular complexity index is 382. The van der Waals surface area contributed by atoms with E-state index in [4.69, 9.17) is 11.6 Å². The average molecular weight is 258 g/mol. The summed E-state index contributed by atoms with van der Waals surface area (Å²) >= 11 is 5.89. The highest BCUT2D eigenvalue weighted by Gasteiger charge is 2.28. The standard InChI is InChI=1S/C13H17ClFNO/c1-3-13(4-2,9-14)16-12(17)10-7-5-6-8-11(10)15/h5-8H,3-4,9H2,1-2H3,(H,16,17). The van der Waals surface area contributed by atoms with Crippen LogP contribution in [0.1, 0.15) is 37.0 Å². The maximum atomic E-state index is 13.4. The Morgan fingerprint density at radius 2 is 1.94 bits per heavy atom. The van der Waals surface area contributed by atoms with E-state index in [1.807, 2.05) is 13.8 Å². The summed E-state index contributed by atoms with van der Waals surface area (Å²) in [4.78, 5) is 11.9. The van der Waals surface area contributed by atoms with Gasteiger partial charge in [-0.05, 0) is 25.0 Å². The molecule has 0 saturated heterocycles. The molecule has 17 heavy (non-hydrogen) atoms. The van der Waals surface area contributed by atoms with Gasteiger partial charge in [-0.15, -0.1) is 11.6 Å². The first kappa shape index (κ1) is 14.0. The maximum absolute atomic E-state index is 13.4. The summed E-state index contributed by atoms with van der Waals surface area (Å²) in [7, 11) is 0. The minimum Gasteiger partial charge on any atom is -0.345 e. The highest BCUT2D eigenvalue weighted by Crippen LogP contribution is 2.18. The van der Waals surface area contributed by atoms with Crippen molar-refractivity contribution in [1.29, 1.82) is 0 Å². The van der Waals surface area contributed by atoms with E-state index in [0.717, 1.165) is 0 Å². The van der Waals surface area contributed by atoms with Crippen LogP contribution in [0, 0.1) is 5.82 Å². The number of amides is 1. The van der Waals surface area contributed by atoms with Gasteiger partial charge in [0.1, 0.15) is 5.82 Å². The van der Waals surface area contributed by atoms with Gasteiger partial charge in [0.15, 0.2) is 0 Å². The zero-order valence-electron chi connectivity index (χ0n) is 10.1. The van der Waals surface area contributed by atoms with Gasteiger partial charge in [0, 0.05) is 5.88 Å². The second kappa shape index (κ2) is 6.01. The van der Waals surface area contributed by atoms with Crippen LogP contribution < -0.4 is 5.32 Å². The molecule has 1 amide bonds. The zero-order chi connectivity index (χ0) is 12.9. The molecule has 0 unspecified atom stereocenters. The van der Waals surface area contributed by atoms with Gasteiger partial charge in [-0.1, -0.05) is 26.0 Å². The molecule has 1 N–H and O–H groups in total. The third-order valence-corrected chi connectivity index (χ3v) is 3.62. The molecule has 1 aromatic rings. The highest BCUT2D eigenvalue weighted by molar-refractivity contribution is 6.19. The zero-order valence-corrected chi connectivity index (χ0v) is 10.9. The summed E-state index contributed by atoms with van der Waals surface area (Å²) in [5.74, 6) is -0.603. The van der Waals surface area contributed by atoms with Gasteiger partial charge in [0.05, 0.1) is 11.1 Å². The number of hydrogen-bond acceptors (Lipinski definition) is 1. The van der Waals surface area contributed by atoms with Crippen LogP contribution in [-0.4, -0.2) is 17.3 Å². The van der Waals surface area contributed by atoms with Gasteiger partial charge in [-0.25, -0.2) is 4.39 Å². The molecular formula is C13H17ClFNO. The van der Waals surface area contributed by atoms with Crippen LogP contribution in [0.25, 0.3) is 0 Å². The second-order valence-electron chi connectivity index (χ2n) is 4.06. The number of hydrogen-bond donors (Lipinski definition) is 1. The third kappa shape index (κ3) is 3.19. The smallest absolute Gasteiger partial charge is 0.254 e. The summed E-state index contributed by atoms with van der Waals surface area (Å²) in [6, 6.07) is 5.93. The number of halogens is 2. The van der Waals surface area contributed by atoms with Gasteiger partial charge in [-0.2, -0.15) is 0 Å². The van der Waals surface area contributed by atoms with Crippen molar-refractivity contribution in [1.82, 2.24) is 5.32 Å². The van der Waals surface area contributed by atoms with E-state index < -0.39 is 17.3 Å². The molecule has 0 spiro atoms. The van der Waals surface area contributed by atoms with Crippen LogP contribution in [0.3, 0.4) is 0 Å². The summed E-state index contributed by atoms with van der Waals surface area (Å²) in [5, 5.41) is 2.83. The van der Waals surface area contributed by atoms with E-state index >= 15 is 0 Å². The lowest BCUT2D eigenvalue weighted by Crippen LogP contribution is -2.49. The SMILES string of the molecule is CCC(CC)(CCl)NC(=O)c1ccccc1F. The molecular weight excluding hydrogens is 241 g/mol. The number of carbonyl (C=O) groups excluding carboxylic acids is 1. The Kier molecular flexibility index (Phi) is 4.94. The first-order valence-corrected chi connectivity index (χ1v) is 6.25. The Morgan fingerprint density at radius 3 is 2.41 bits per heavy atom. The molecule has 0 fully saturated rings. The summed E-state index contributed by atoms with van der Waals surface area (Å²) in [6.45, 7) is 3.90. The first-order chi connectivity index (χ1) is 8.08. The fourth-order valence-corrected chi connectivity index (χ4v) is 2.05. The molecule has 0 radical (unpaired) electrons. The Labute approximate surface area is 106 Å². The van der Waals surface area contributed by atoms with Gasteiger partial charge >= 0.3 is 0 Å². The Morgan fingerprint density at radius 1 is 1.35 bits per heavy atom. The largest absolute Gasteiger partial charge is 0.345 e. The van der Waals surface area contributed by atoms with Gasteiger partial charge < -0.3 is 5.32 Å². The van der Waals surface area contributed by atoms with Crippen molar-refractivity contribution in [3.05, 3.63) is 35.6 Å². The molecule has 4 heteroatoms. The number of benzene rings is 1. The van der Waals surface area contributed by atoms with E-state index in [9.17, 15) is 9.18 Å². The molecule has 0 aromatic heterocycles. The average Bonchev–Trinajstić information content (AvgIpc) is 2.36. The van der Waals surface area contributed by atoms with Crippen LogP contribution in [0.15, 0.2) is 24.3 Å². The number of rotatable bonds is 5. The lowest BCUT2D eigenvalue weighted by atomic mass is 9.94. The molecule has 0 bridgehead atoms. The van der Waals surface area contributed by atoms with E-state index in [1.165, 1.54) is 12.1 Å². The van der Waals surface area contributed by atoms with Crippen molar-refractivity contribution in [3.8, 4) is 0 Å². The van der Waals surface area contributed by atoms with Gasteiger partial charge in [-0.3, -0.25) is 4.79 Å². The fraction of sp³-hybridized carbons (Fsp3) is 0.462. The molecule has 94 valence electrons. The number of carbonyl (C=O) groups is 1. The van der Waals surface area contributed by atoms with Crippen LogP contribution in [0.4, 0.5) is 4.39 Å².